The van der Waals surface area contributed by atoms with Gasteiger partial charge in [0.2, 0.25) is 5.95 Å². The summed E-state index contributed by atoms with van der Waals surface area (Å²) >= 11 is 0. The van der Waals surface area contributed by atoms with E-state index in [-0.39, 0.29) is 24.2 Å². The van der Waals surface area contributed by atoms with Crippen molar-refractivity contribution in [3.63, 3.8) is 0 Å². The van der Waals surface area contributed by atoms with Gasteiger partial charge in [-0.1, -0.05) is 55.2 Å². The summed E-state index contributed by atoms with van der Waals surface area (Å²) in [6, 6.07) is 11.9. The van der Waals surface area contributed by atoms with Crippen molar-refractivity contribution in [1.29, 1.82) is 0 Å². The Labute approximate surface area is 188 Å². The molecule has 1 aromatic heterocycles. The fourth-order valence-electron chi connectivity index (χ4n) is 4.18. The molecular formula is C24H25F3N4O2. The van der Waals surface area contributed by atoms with Crippen molar-refractivity contribution in [2.45, 2.75) is 57.8 Å². The molecule has 3 aromatic rings. The molecule has 1 N–H and O–H groups in total. The van der Waals surface area contributed by atoms with Crippen LogP contribution < -0.4 is 16.7 Å². The molecule has 1 fully saturated rings. The summed E-state index contributed by atoms with van der Waals surface area (Å²) in [6.07, 6.45) is -0.149. The maximum atomic E-state index is 13.5. The zero-order valence-electron chi connectivity index (χ0n) is 18.2. The summed E-state index contributed by atoms with van der Waals surface area (Å²) in [7, 11) is 0. The van der Waals surface area contributed by atoms with E-state index in [9.17, 15) is 22.8 Å². The van der Waals surface area contributed by atoms with E-state index >= 15 is 0 Å². The van der Waals surface area contributed by atoms with Gasteiger partial charge in [0.25, 0.3) is 0 Å². The highest BCUT2D eigenvalue weighted by atomic mass is 19.4. The number of halogens is 3. The number of nitrogens with one attached hydrogen (secondary N) is 1. The predicted octanol–water partition coefficient (Wildman–Crippen LogP) is 5.03. The van der Waals surface area contributed by atoms with Crippen LogP contribution in [0.5, 0.6) is 0 Å². The molecule has 1 aliphatic carbocycles. The Bertz CT molecular complexity index is 1240. The fraction of sp³-hybridized carbons (Fsp3) is 0.375. The molecule has 0 aliphatic heterocycles. The van der Waals surface area contributed by atoms with Crippen LogP contribution >= 0.6 is 0 Å². The van der Waals surface area contributed by atoms with E-state index in [1.807, 2.05) is 31.2 Å². The Balaban J connectivity index is 1.79. The number of anilines is 2. The molecule has 0 bridgehead atoms. The van der Waals surface area contributed by atoms with Crippen molar-refractivity contribution in [2.75, 3.05) is 5.32 Å². The lowest BCUT2D eigenvalue weighted by molar-refractivity contribution is -0.137. The van der Waals surface area contributed by atoms with E-state index in [2.05, 4.69) is 10.3 Å². The van der Waals surface area contributed by atoms with Crippen LogP contribution in [0, 0.1) is 6.92 Å². The number of alkyl halides is 3. The highest BCUT2D eigenvalue weighted by Gasteiger charge is 2.30. The van der Waals surface area contributed by atoms with Gasteiger partial charge in [0.15, 0.2) is 0 Å². The number of nitrogens with zero attached hydrogens (tertiary/aromatic N) is 3. The van der Waals surface area contributed by atoms with Crippen molar-refractivity contribution < 1.29 is 13.2 Å². The van der Waals surface area contributed by atoms with E-state index in [1.165, 1.54) is 21.3 Å². The lowest BCUT2D eigenvalue weighted by Gasteiger charge is -2.24. The second-order valence-electron chi connectivity index (χ2n) is 8.44. The second-order valence-corrected chi connectivity index (χ2v) is 8.44. The number of hydrogen-bond donors (Lipinski definition) is 1. The van der Waals surface area contributed by atoms with Crippen LogP contribution in [0.15, 0.2) is 58.1 Å². The van der Waals surface area contributed by atoms with Crippen LogP contribution in [0.3, 0.4) is 0 Å². The molecule has 0 amide bonds. The van der Waals surface area contributed by atoms with Gasteiger partial charge in [0.1, 0.15) is 0 Å². The maximum absolute atomic E-state index is 13.5. The number of aromatic nitrogens is 3. The summed E-state index contributed by atoms with van der Waals surface area (Å²) in [6.45, 7) is 2.07. The smallest absolute Gasteiger partial charge is 0.325 e. The number of benzene rings is 2. The molecule has 9 heteroatoms. The molecule has 1 saturated carbocycles. The highest BCUT2D eigenvalue weighted by Crippen LogP contribution is 2.31. The highest BCUT2D eigenvalue weighted by molar-refractivity contribution is 5.55. The van der Waals surface area contributed by atoms with E-state index in [4.69, 9.17) is 0 Å². The molecule has 4 rings (SSSR count). The minimum atomic E-state index is -4.52. The predicted molar refractivity (Wildman–Crippen MR) is 120 cm³/mol. The molecule has 0 atom stereocenters. The van der Waals surface area contributed by atoms with Crippen LogP contribution in [0.1, 0.15) is 54.8 Å². The first-order chi connectivity index (χ1) is 15.7. The zero-order chi connectivity index (χ0) is 23.6. The molecule has 6 nitrogen and oxygen atoms in total. The third-order valence-electron chi connectivity index (χ3n) is 5.95. The van der Waals surface area contributed by atoms with Gasteiger partial charge in [0.05, 0.1) is 12.1 Å². The summed E-state index contributed by atoms with van der Waals surface area (Å²) < 4.78 is 41.9. The molecule has 174 valence electrons. The van der Waals surface area contributed by atoms with Crippen LogP contribution in [-0.2, 0) is 12.7 Å². The molecule has 0 saturated heterocycles. The number of hydrogen-bond acceptors (Lipinski definition) is 4. The van der Waals surface area contributed by atoms with Crippen molar-refractivity contribution in [2.24, 2.45) is 0 Å². The van der Waals surface area contributed by atoms with Crippen molar-refractivity contribution in [3.8, 4) is 0 Å². The maximum Gasteiger partial charge on any atom is 0.416 e. The molecular weight excluding hydrogens is 433 g/mol. The number of aryl methyl sites for hydroxylation is 1. The number of rotatable bonds is 5. The Morgan fingerprint density at radius 3 is 2.39 bits per heavy atom. The molecule has 0 radical (unpaired) electrons. The standard InChI is InChI=1S/C24H25F3N4O2/c1-16-10-12-17(13-11-16)15-30-21(28-19-7-5-6-18(14-19)24(25,26)27)29-22(32)31(23(30)33)20-8-3-2-4-9-20/h5-7,10-14,20H,2-4,8-9,15H2,1H3,(H,28,29,32). The first kappa shape index (κ1) is 22.8. The minimum absolute atomic E-state index is 0.0861. The third-order valence-corrected chi connectivity index (χ3v) is 5.95. The van der Waals surface area contributed by atoms with E-state index in [0.717, 1.165) is 55.4 Å². The van der Waals surface area contributed by atoms with Crippen LogP contribution in [0.25, 0.3) is 0 Å². The Hall–Kier alpha value is -3.36. The minimum Gasteiger partial charge on any atom is -0.325 e. The van der Waals surface area contributed by atoms with Gasteiger partial charge in [0, 0.05) is 11.7 Å². The first-order valence-electron chi connectivity index (χ1n) is 11.0. The van der Waals surface area contributed by atoms with Crippen LogP contribution in [0.2, 0.25) is 0 Å². The third kappa shape index (κ3) is 5.18. The van der Waals surface area contributed by atoms with Gasteiger partial charge in [-0.05, 0) is 43.5 Å². The lowest BCUT2D eigenvalue weighted by atomic mass is 9.95. The van der Waals surface area contributed by atoms with E-state index < -0.39 is 23.1 Å². The molecule has 1 aliphatic rings. The summed E-state index contributed by atoms with van der Waals surface area (Å²) in [5.74, 6) is -0.0861. The summed E-state index contributed by atoms with van der Waals surface area (Å²) in [5.41, 5.74) is -0.0951. The largest absolute Gasteiger partial charge is 0.416 e. The SMILES string of the molecule is Cc1ccc(Cn2c(Nc3cccc(C(F)(F)F)c3)nc(=O)n(C3CCCCC3)c2=O)cc1. The van der Waals surface area contributed by atoms with Gasteiger partial charge >= 0.3 is 17.6 Å². The Morgan fingerprint density at radius 1 is 1.03 bits per heavy atom. The zero-order valence-corrected chi connectivity index (χ0v) is 18.2. The topological polar surface area (TPSA) is 68.9 Å². The van der Waals surface area contributed by atoms with Gasteiger partial charge in [-0.3, -0.25) is 4.57 Å². The van der Waals surface area contributed by atoms with Gasteiger partial charge in [-0.15, -0.1) is 0 Å². The summed E-state index contributed by atoms with van der Waals surface area (Å²) in [4.78, 5) is 30.4. The average molecular weight is 458 g/mol. The molecule has 33 heavy (non-hydrogen) atoms. The lowest BCUT2D eigenvalue weighted by Crippen LogP contribution is -2.45. The summed E-state index contributed by atoms with van der Waals surface area (Å²) in [5, 5.41) is 2.77. The monoisotopic (exact) mass is 458 g/mol. The Morgan fingerprint density at radius 2 is 1.73 bits per heavy atom. The molecule has 1 heterocycles. The van der Waals surface area contributed by atoms with Crippen molar-refractivity contribution in [3.05, 3.63) is 86.2 Å². The van der Waals surface area contributed by atoms with Crippen molar-refractivity contribution in [1.82, 2.24) is 14.1 Å². The molecule has 0 unspecified atom stereocenters. The van der Waals surface area contributed by atoms with Gasteiger partial charge in [-0.25, -0.2) is 14.2 Å². The van der Waals surface area contributed by atoms with Gasteiger partial charge in [-0.2, -0.15) is 18.2 Å². The second kappa shape index (κ2) is 9.25. The van der Waals surface area contributed by atoms with Crippen LogP contribution in [0.4, 0.5) is 24.8 Å². The van der Waals surface area contributed by atoms with E-state index in [1.54, 1.807) is 0 Å². The normalized spacial score (nSPS) is 14.9. The van der Waals surface area contributed by atoms with Gasteiger partial charge < -0.3 is 5.32 Å². The average Bonchev–Trinajstić information content (AvgIpc) is 2.78. The van der Waals surface area contributed by atoms with Crippen LogP contribution in [-0.4, -0.2) is 14.1 Å². The molecule has 0 spiro atoms. The molecule has 2 aromatic carbocycles. The Kier molecular flexibility index (Phi) is 6.40. The van der Waals surface area contributed by atoms with Crippen molar-refractivity contribution >= 4 is 11.6 Å². The van der Waals surface area contributed by atoms with E-state index in [0.29, 0.717) is 0 Å². The quantitative estimate of drug-likeness (QED) is 0.582. The fourth-order valence-corrected chi connectivity index (χ4v) is 4.18. The first-order valence-corrected chi connectivity index (χ1v) is 11.0.